The quantitative estimate of drug-likeness (QED) is 0.604. The van der Waals surface area contributed by atoms with Gasteiger partial charge in [0.05, 0.1) is 18.2 Å². The fourth-order valence-corrected chi connectivity index (χ4v) is 4.83. The lowest BCUT2D eigenvalue weighted by molar-refractivity contribution is -0.139. The Hall–Kier alpha value is -3.00. The Morgan fingerprint density at radius 2 is 1.84 bits per heavy atom. The van der Waals surface area contributed by atoms with Crippen LogP contribution in [0.15, 0.2) is 53.4 Å². The molecule has 2 aromatic rings. The number of carbonyl (C=O) groups is 3. The van der Waals surface area contributed by atoms with Gasteiger partial charge in [-0.2, -0.15) is 0 Å². The zero-order valence-electron chi connectivity index (χ0n) is 17.8. The zero-order valence-corrected chi connectivity index (χ0v) is 18.6. The van der Waals surface area contributed by atoms with Crippen molar-refractivity contribution in [3.63, 3.8) is 0 Å². The summed E-state index contributed by atoms with van der Waals surface area (Å²) in [6.07, 6.45) is 3.06. The molecule has 1 aliphatic heterocycles. The number of benzene rings is 2. The lowest BCUT2D eigenvalue weighted by atomic mass is 9.68. The van der Waals surface area contributed by atoms with E-state index in [9.17, 15) is 14.4 Å². The zero-order chi connectivity index (χ0) is 22.7. The maximum absolute atomic E-state index is 13.1. The predicted octanol–water partition coefficient (Wildman–Crippen LogP) is 4.37. The van der Waals surface area contributed by atoms with Crippen molar-refractivity contribution >= 4 is 35.4 Å². The molecule has 1 heterocycles. The summed E-state index contributed by atoms with van der Waals surface area (Å²) in [7, 11) is 0. The summed E-state index contributed by atoms with van der Waals surface area (Å²) in [6, 6.07) is 15.1. The first-order chi connectivity index (χ1) is 15.5. The monoisotopic (exact) mass is 454 g/mol. The molecule has 2 aliphatic rings. The fraction of sp³-hybridized carbons (Fsp3) is 0.375. The third-order valence-corrected chi connectivity index (χ3v) is 6.93. The first-order valence-electron chi connectivity index (χ1n) is 10.7. The van der Waals surface area contributed by atoms with Crippen LogP contribution in [0.2, 0.25) is 0 Å². The third-order valence-electron chi connectivity index (χ3n) is 6.18. The van der Waals surface area contributed by atoms with Crippen LogP contribution in [0.4, 0.5) is 10.5 Å². The Balaban J connectivity index is 1.49. The molecule has 0 saturated heterocycles. The van der Waals surface area contributed by atoms with E-state index in [1.54, 1.807) is 16.7 Å². The molecule has 32 heavy (non-hydrogen) atoms. The molecular weight excluding hydrogens is 428 g/mol. The van der Waals surface area contributed by atoms with Gasteiger partial charge in [-0.15, -0.1) is 11.8 Å². The molecule has 0 bridgehead atoms. The number of anilines is 1. The average molecular weight is 455 g/mol. The SMILES string of the molecule is CSc1ccc(COC(=O)N2c3ccccc3C(NC(=O)CCC(=O)O)C3CCC32)cc1. The van der Waals surface area contributed by atoms with E-state index in [4.69, 9.17) is 9.84 Å². The number of thioether (sulfide) groups is 1. The van der Waals surface area contributed by atoms with Crippen LogP contribution in [0, 0.1) is 5.92 Å². The van der Waals surface area contributed by atoms with E-state index in [2.05, 4.69) is 5.32 Å². The minimum absolute atomic E-state index is 0.0546. The summed E-state index contributed by atoms with van der Waals surface area (Å²) >= 11 is 1.66. The van der Waals surface area contributed by atoms with Gasteiger partial charge < -0.3 is 15.2 Å². The molecule has 0 radical (unpaired) electrons. The fourth-order valence-electron chi connectivity index (χ4n) is 4.42. The first kappa shape index (κ1) is 22.2. The maximum Gasteiger partial charge on any atom is 0.414 e. The number of nitrogens with one attached hydrogen (secondary N) is 1. The van der Waals surface area contributed by atoms with Gasteiger partial charge in [0.2, 0.25) is 5.91 Å². The van der Waals surface area contributed by atoms with Crippen LogP contribution >= 0.6 is 11.8 Å². The number of aliphatic carboxylic acids is 1. The summed E-state index contributed by atoms with van der Waals surface area (Å²) in [5.41, 5.74) is 2.52. The molecule has 1 aliphatic carbocycles. The number of ether oxygens (including phenoxy) is 1. The molecule has 3 atom stereocenters. The van der Waals surface area contributed by atoms with Crippen LogP contribution in [0.25, 0.3) is 0 Å². The van der Waals surface area contributed by atoms with Crippen molar-refractivity contribution < 1.29 is 24.2 Å². The maximum atomic E-state index is 13.1. The topological polar surface area (TPSA) is 95.9 Å². The van der Waals surface area contributed by atoms with E-state index >= 15 is 0 Å². The normalized spacial score (nSPS) is 21.0. The minimum Gasteiger partial charge on any atom is -0.481 e. The standard InChI is InChI=1S/C24H26N2O5S/c1-32-16-8-6-15(7-9-16)14-31-24(30)26-19-5-3-2-4-17(19)23(18-10-11-20(18)26)25-21(27)12-13-22(28)29/h2-9,18,20,23H,10-14H2,1H3,(H,25,27)(H,28,29). The number of carbonyl (C=O) groups excluding carboxylic acids is 2. The van der Waals surface area contributed by atoms with Gasteiger partial charge in [0.1, 0.15) is 6.61 Å². The smallest absolute Gasteiger partial charge is 0.414 e. The van der Waals surface area contributed by atoms with Gasteiger partial charge in [-0.05, 0) is 48.4 Å². The van der Waals surface area contributed by atoms with E-state index < -0.39 is 12.1 Å². The Morgan fingerprint density at radius 1 is 1.09 bits per heavy atom. The molecule has 2 amide bonds. The highest BCUT2D eigenvalue weighted by Crippen LogP contribution is 2.50. The number of rotatable bonds is 7. The molecule has 7 nitrogen and oxygen atoms in total. The van der Waals surface area contributed by atoms with Crippen molar-refractivity contribution in [3.8, 4) is 0 Å². The Morgan fingerprint density at radius 3 is 2.50 bits per heavy atom. The molecule has 8 heteroatoms. The highest BCUT2D eigenvalue weighted by Gasteiger charge is 2.49. The van der Waals surface area contributed by atoms with Gasteiger partial charge in [0.15, 0.2) is 0 Å². The minimum atomic E-state index is -0.997. The average Bonchev–Trinajstić information content (AvgIpc) is 2.78. The van der Waals surface area contributed by atoms with E-state index in [0.29, 0.717) is 0 Å². The highest BCUT2D eigenvalue weighted by atomic mass is 32.2. The number of carboxylic acid groups (broad SMARTS) is 1. The predicted molar refractivity (Wildman–Crippen MR) is 122 cm³/mol. The van der Waals surface area contributed by atoms with Crippen LogP contribution in [0.1, 0.15) is 42.9 Å². The second-order valence-corrected chi connectivity index (χ2v) is 8.96. The summed E-state index contributed by atoms with van der Waals surface area (Å²) < 4.78 is 5.66. The number of para-hydroxylation sites is 1. The van der Waals surface area contributed by atoms with Crippen molar-refractivity contribution in [3.05, 3.63) is 59.7 Å². The lowest BCUT2D eigenvalue weighted by Gasteiger charge is -2.52. The number of nitrogens with zero attached hydrogens (tertiary/aromatic N) is 1. The van der Waals surface area contributed by atoms with Crippen LogP contribution in [-0.2, 0) is 20.9 Å². The molecule has 1 fully saturated rings. The van der Waals surface area contributed by atoms with E-state index in [1.165, 1.54) is 0 Å². The van der Waals surface area contributed by atoms with Crippen molar-refractivity contribution in [1.29, 1.82) is 0 Å². The number of fused-ring (bicyclic) bond motifs is 2. The molecule has 3 unspecified atom stereocenters. The summed E-state index contributed by atoms with van der Waals surface area (Å²) in [6.45, 7) is 0.193. The number of amides is 2. The molecule has 0 spiro atoms. The van der Waals surface area contributed by atoms with Gasteiger partial charge in [-0.25, -0.2) is 4.79 Å². The third kappa shape index (κ3) is 4.60. The first-order valence-corrected chi connectivity index (χ1v) is 11.9. The molecule has 2 N–H and O–H groups in total. The van der Waals surface area contributed by atoms with E-state index in [-0.39, 0.29) is 43.4 Å². The van der Waals surface area contributed by atoms with Crippen molar-refractivity contribution in [2.24, 2.45) is 5.92 Å². The second kappa shape index (κ2) is 9.65. The summed E-state index contributed by atoms with van der Waals surface area (Å²) in [4.78, 5) is 39.1. The number of hydrogen-bond donors (Lipinski definition) is 2. The molecule has 2 aromatic carbocycles. The van der Waals surface area contributed by atoms with E-state index in [1.807, 2.05) is 54.8 Å². The van der Waals surface area contributed by atoms with Crippen LogP contribution in [0.5, 0.6) is 0 Å². The lowest BCUT2D eigenvalue weighted by Crippen LogP contribution is -2.58. The summed E-state index contributed by atoms with van der Waals surface area (Å²) in [5.74, 6) is -1.21. The van der Waals surface area contributed by atoms with Gasteiger partial charge in [-0.3, -0.25) is 14.5 Å². The highest BCUT2D eigenvalue weighted by molar-refractivity contribution is 7.98. The van der Waals surface area contributed by atoms with Crippen molar-refractivity contribution in [1.82, 2.24) is 5.32 Å². The number of carboxylic acids is 1. The van der Waals surface area contributed by atoms with Gasteiger partial charge in [0.25, 0.3) is 0 Å². The molecular formula is C24H26N2O5S. The van der Waals surface area contributed by atoms with Crippen molar-refractivity contribution in [2.75, 3.05) is 11.2 Å². The van der Waals surface area contributed by atoms with Gasteiger partial charge in [-0.1, -0.05) is 30.3 Å². The van der Waals surface area contributed by atoms with Gasteiger partial charge >= 0.3 is 12.1 Å². The van der Waals surface area contributed by atoms with Crippen molar-refractivity contribution in [2.45, 2.75) is 49.3 Å². The second-order valence-electron chi connectivity index (χ2n) is 8.08. The van der Waals surface area contributed by atoms with Crippen LogP contribution in [0.3, 0.4) is 0 Å². The van der Waals surface area contributed by atoms with E-state index in [0.717, 1.165) is 34.6 Å². The van der Waals surface area contributed by atoms with Crippen LogP contribution in [-0.4, -0.2) is 35.4 Å². The Kier molecular flexibility index (Phi) is 6.69. The molecule has 1 saturated carbocycles. The van der Waals surface area contributed by atoms with Crippen LogP contribution < -0.4 is 10.2 Å². The Labute approximate surface area is 191 Å². The molecule has 4 rings (SSSR count). The molecule has 168 valence electrons. The van der Waals surface area contributed by atoms with Gasteiger partial charge in [0, 0.05) is 23.3 Å². The summed E-state index contributed by atoms with van der Waals surface area (Å²) in [5, 5.41) is 11.9. The number of hydrogen-bond acceptors (Lipinski definition) is 5. The molecule has 0 aromatic heterocycles. The Bertz CT molecular complexity index is 1010. The largest absolute Gasteiger partial charge is 0.481 e.